The van der Waals surface area contributed by atoms with Gasteiger partial charge in [0.1, 0.15) is 42.5 Å². The molecule has 0 saturated carbocycles. The van der Waals surface area contributed by atoms with Crippen LogP contribution in [0.25, 0.3) is 42.1 Å². The van der Waals surface area contributed by atoms with Gasteiger partial charge in [0.15, 0.2) is 0 Å². The molecule has 4 atom stereocenters. The lowest BCUT2D eigenvalue weighted by Crippen LogP contribution is -2.58. The Morgan fingerprint density at radius 3 is 2.00 bits per heavy atom. The van der Waals surface area contributed by atoms with Crippen molar-refractivity contribution in [3.8, 4) is 49.3 Å². The lowest BCUT2D eigenvalue weighted by molar-refractivity contribution is -0.144. The van der Waals surface area contributed by atoms with Gasteiger partial charge >= 0.3 is 0 Å². The van der Waals surface area contributed by atoms with Gasteiger partial charge in [0.2, 0.25) is 17.7 Å². The highest BCUT2D eigenvalue weighted by molar-refractivity contribution is 7.23. The first-order valence-electron chi connectivity index (χ1n) is 27.7. The molecule has 5 aromatic carbocycles. The summed E-state index contributed by atoms with van der Waals surface area (Å²) in [5.41, 5.74) is 10.4. The van der Waals surface area contributed by atoms with Gasteiger partial charge in [-0.05, 0) is 126 Å². The number of β-amino-alcohol motifs (C(OH)–C–C–N with tert-alkyl or cyclic N) is 1. The molecule has 0 bridgehead atoms. The fraction of sp³-hybridized carbons (Fsp3) is 0.365. The van der Waals surface area contributed by atoms with Crippen LogP contribution in [-0.4, -0.2) is 152 Å². The Bertz CT molecular complexity index is 3330. The van der Waals surface area contributed by atoms with E-state index in [0.29, 0.717) is 64.2 Å². The number of phenolic OH excluding ortho intramolecular Hbond substituents is 2. The van der Waals surface area contributed by atoms with E-state index in [4.69, 9.17) is 28.4 Å². The number of hydrogen-bond acceptors (Lipinski definition) is 17. The maximum absolute atomic E-state index is 14.0. The Kier molecular flexibility index (Phi) is 22.5. The number of benzene rings is 5. The number of amides is 4. The van der Waals surface area contributed by atoms with Crippen molar-refractivity contribution in [1.29, 1.82) is 0 Å². The number of carbonyl (C=O) groups excluding carboxylic acids is 4. The maximum Gasteiger partial charge on any atom is 0.271 e. The number of hydrazone groups is 1. The lowest BCUT2D eigenvalue weighted by atomic mass is 9.85. The Morgan fingerprint density at radius 2 is 1.36 bits per heavy atom. The van der Waals surface area contributed by atoms with Crippen LogP contribution in [-0.2, 0) is 38.1 Å². The molecule has 4 unspecified atom stereocenters. The predicted octanol–water partition coefficient (Wildman–Crippen LogP) is 8.67. The number of ether oxygens (including phenoxy) is 6. The van der Waals surface area contributed by atoms with E-state index in [1.807, 2.05) is 113 Å². The van der Waals surface area contributed by atoms with Gasteiger partial charge in [-0.3, -0.25) is 19.2 Å². The van der Waals surface area contributed by atoms with Gasteiger partial charge in [-0.2, -0.15) is 5.10 Å². The molecule has 6 N–H and O–H groups in total. The van der Waals surface area contributed by atoms with Crippen LogP contribution in [0.5, 0.6) is 17.2 Å². The molecule has 1 aliphatic heterocycles. The molecule has 444 valence electrons. The molecule has 1 fully saturated rings. The van der Waals surface area contributed by atoms with E-state index in [1.165, 1.54) is 16.2 Å². The second kappa shape index (κ2) is 30.3. The third-order valence-electron chi connectivity index (χ3n) is 13.8. The zero-order valence-electron chi connectivity index (χ0n) is 47.7. The van der Waals surface area contributed by atoms with Gasteiger partial charge in [-0.15, -0.1) is 22.7 Å². The number of aliphatic hydroxyl groups is 1. The van der Waals surface area contributed by atoms with Gasteiger partial charge in [-0.1, -0.05) is 57.2 Å². The first-order valence-corrected chi connectivity index (χ1v) is 29.4. The molecular weight excluding hydrogens is 1110 g/mol. The van der Waals surface area contributed by atoms with Crippen molar-refractivity contribution in [3.63, 3.8) is 0 Å². The molecule has 2 aromatic heterocycles. The van der Waals surface area contributed by atoms with Gasteiger partial charge < -0.3 is 59.3 Å². The van der Waals surface area contributed by atoms with Crippen molar-refractivity contribution < 1.29 is 62.9 Å². The van der Waals surface area contributed by atoms with Crippen molar-refractivity contribution in [2.75, 3.05) is 79.2 Å². The molecular formula is C63H72N6O13S2. The normalized spacial score (nSPS) is 15.1. The molecule has 84 heavy (non-hydrogen) atoms. The number of thiazole rings is 1. The van der Waals surface area contributed by atoms with E-state index < -0.39 is 35.4 Å². The number of aromatic nitrogens is 1. The number of nitrogens with one attached hydrogen (secondary N) is 3. The van der Waals surface area contributed by atoms with Crippen molar-refractivity contribution in [2.45, 2.75) is 65.3 Å². The SMILES string of the molecule is Cc1ncsc1-c1ccc(C(C)NC(=O)C2CC(O)CN2C(=O)C(NC(=O)COCCOCCOCCOCCOCCOc2ccc(C=NNC(=O)c3cccc(-c4c(-c5ccc(O)cc5)sc5cc(O)ccc45)c3)cc2)C(C)(C)C)cc1. The first kappa shape index (κ1) is 62.4. The summed E-state index contributed by atoms with van der Waals surface area (Å²) < 4.78 is 34.6. The van der Waals surface area contributed by atoms with Gasteiger partial charge in [0.05, 0.1) is 93.9 Å². The van der Waals surface area contributed by atoms with Crippen LogP contribution in [0.15, 0.2) is 126 Å². The highest BCUT2D eigenvalue weighted by Gasteiger charge is 2.44. The molecule has 3 heterocycles. The average Bonchev–Trinajstić information content (AvgIpc) is 2.05. The largest absolute Gasteiger partial charge is 0.508 e. The number of aromatic hydroxyl groups is 2. The minimum atomic E-state index is -0.983. The topological polar surface area (TPSA) is 249 Å². The van der Waals surface area contributed by atoms with Crippen LogP contribution in [0.2, 0.25) is 0 Å². The van der Waals surface area contributed by atoms with Crippen LogP contribution in [0, 0.1) is 12.3 Å². The molecule has 0 aliphatic carbocycles. The van der Waals surface area contributed by atoms with Gasteiger partial charge in [-0.25, -0.2) is 10.4 Å². The van der Waals surface area contributed by atoms with E-state index in [-0.39, 0.29) is 62.1 Å². The lowest BCUT2D eigenvalue weighted by Gasteiger charge is -2.35. The van der Waals surface area contributed by atoms with Crippen molar-refractivity contribution in [1.82, 2.24) is 25.9 Å². The molecule has 7 aromatic rings. The van der Waals surface area contributed by atoms with E-state index in [0.717, 1.165) is 58.9 Å². The second-order valence-corrected chi connectivity index (χ2v) is 23.0. The molecule has 1 aliphatic rings. The highest BCUT2D eigenvalue weighted by Crippen LogP contribution is 2.46. The number of nitrogens with zero attached hydrogens (tertiary/aromatic N) is 3. The number of fused-ring (bicyclic) bond motifs is 1. The van der Waals surface area contributed by atoms with Crippen molar-refractivity contribution >= 4 is 62.6 Å². The summed E-state index contributed by atoms with van der Waals surface area (Å²) in [6.45, 7) is 12.2. The number of aryl methyl sites for hydroxylation is 1. The summed E-state index contributed by atoms with van der Waals surface area (Å²) in [5.74, 6) is -0.733. The van der Waals surface area contributed by atoms with Crippen LogP contribution in [0.4, 0.5) is 0 Å². The predicted molar refractivity (Wildman–Crippen MR) is 323 cm³/mol. The Hall–Kier alpha value is -7.60. The number of aliphatic hydroxyl groups excluding tert-OH is 1. The van der Waals surface area contributed by atoms with Gasteiger partial charge in [0.25, 0.3) is 5.91 Å². The number of phenols is 2. The van der Waals surface area contributed by atoms with Crippen LogP contribution >= 0.6 is 22.7 Å². The summed E-state index contributed by atoms with van der Waals surface area (Å²) in [5, 5.41) is 41.6. The minimum Gasteiger partial charge on any atom is -0.508 e. The quantitative estimate of drug-likeness (QED) is 0.0146. The standard InChI is InChI=1S/C63H72N6O13S2/c1-40(43-11-13-44(14-12-43)57-41(2)64-39-83-57)66-61(75)53-34-50(72)37-69(53)62(76)59(63(3,4)5)67-55(73)38-81-30-29-79-26-25-77-23-24-78-27-28-80-31-32-82-51-20-9-42(10-21-51)36-65-68-60(74)47-8-6-7-46(33-47)56-52-22-19-49(71)35-54(52)84-58(56)45-15-17-48(70)18-16-45/h6-22,33,35-36,39-40,50,53,59,70-72H,23-32,34,37-38H2,1-5H3,(H,66,75)(H,67,73)(H,68,74). The summed E-state index contributed by atoms with van der Waals surface area (Å²) in [6, 6.07) is 32.4. The number of carbonyl (C=O) groups is 4. The number of rotatable bonds is 29. The maximum atomic E-state index is 14.0. The summed E-state index contributed by atoms with van der Waals surface area (Å²) >= 11 is 3.09. The van der Waals surface area contributed by atoms with E-state index >= 15 is 0 Å². The molecule has 4 amide bonds. The van der Waals surface area contributed by atoms with Crippen LogP contribution in [0.1, 0.15) is 67.3 Å². The zero-order valence-corrected chi connectivity index (χ0v) is 49.3. The zero-order chi connectivity index (χ0) is 59.6. The molecule has 19 nitrogen and oxygen atoms in total. The summed E-state index contributed by atoms with van der Waals surface area (Å²) in [6.07, 6.45) is 0.741. The van der Waals surface area contributed by atoms with E-state index in [9.17, 15) is 34.5 Å². The molecule has 0 radical (unpaired) electrons. The first-order chi connectivity index (χ1) is 40.5. The summed E-state index contributed by atoms with van der Waals surface area (Å²) in [7, 11) is 0. The monoisotopic (exact) mass is 1180 g/mol. The minimum absolute atomic E-state index is 0.0313. The number of hydrogen-bond donors (Lipinski definition) is 6. The summed E-state index contributed by atoms with van der Waals surface area (Å²) in [4.78, 5) is 61.6. The fourth-order valence-corrected chi connectivity index (χ4v) is 11.4. The Morgan fingerprint density at radius 1 is 0.738 bits per heavy atom. The van der Waals surface area contributed by atoms with Gasteiger partial charge in [0, 0.05) is 39.1 Å². The fourth-order valence-electron chi connectivity index (χ4n) is 9.37. The van der Waals surface area contributed by atoms with Crippen LogP contribution in [0.3, 0.4) is 0 Å². The van der Waals surface area contributed by atoms with Crippen molar-refractivity contribution in [2.24, 2.45) is 10.5 Å². The number of likely N-dealkylation sites (tertiary alicyclic amines) is 1. The average molecular weight is 1190 g/mol. The van der Waals surface area contributed by atoms with Crippen molar-refractivity contribution in [3.05, 3.63) is 143 Å². The van der Waals surface area contributed by atoms with Crippen LogP contribution < -0.4 is 20.8 Å². The smallest absolute Gasteiger partial charge is 0.271 e. The molecule has 0 spiro atoms. The molecule has 1 saturated heterocycles. The second-order valence-electron chi connectivity index (χ2n) is 21.1. The Balaban J connectivity index is 0.637. The van der Waals surface area contributed by atoms with E-state index in [2.05, 4.69) is 26.1 Å². The molecule has 8 rings (SSSR count). The third-order valence-corrected chi connectivity index (χ3v) is 15.9. The van der Waals surface area contributed by atoms with E-state index in [1.54, 1.807) is 60.0 Å². The molecule has 21 heteroatoms. The Labute approximate surface area is 496 Å². The third kappa shape index (κ3) is 17.5. The number of thiophene rings is 1. The highest BCUT2D eigenvalue weighted by atomic mass is 32.1.